The summed E-state index contributed by atoms with van der Waals surface area (Å²) in [6.45, 7) is 2.00. The van der Waals surface area contributed by atoms with E-state index in [2.05, 4.69) is 10.6 Å². The van der Waals surface area contributed by atoms with Crippen LogP contribution in [0.5, 0.6) is 0 Å². The molecule has 1 aromatic carbocycles. The van der Waals surface area contributed by atoms with Crippen LogP contribution >= 0.6 is 11.8 Å². The lowest BCUT2D eigenvalue weighted by molar-refractivity contribution is -0.119. The van der Waals surface area contributed by atoms with Gasteiger partial charge < -0.3 is 16.4 Å². The highest BCUT2D eigenvalue weighted by Crippen LogP contribution is 2.17. The van der Waals surface area contributed by atoms with E-state index in [0.717, 1.165) is 31.0 Å². The minimum Gasteiger partial charge on any atom is -0.397 e. The molecule has 4 N–H and O–H groups in total. The molecule has 23 heavy (non-hydrogen) atoms. The van der Waals surface area contributed by atoms with Gasteiger partial charge in [0.1, 0.15) is 0 Å². The molecule has 0 saturated heterocycles. The molecular formula is C16H23N3O3S. The van der Waals surface area contributed by atoms with Crippen LogP contribution in [0, 0.1) is 0 Å². The quantitative estimate of drug-likeness (QED) is 0.473. The van der Waals surface area contributed by atoms with Crippen molar-refractivity contribution in [2.45, 2.75) is 32.6 Å². The van der Waals surface area contributed by atoms with E-state index >= 15 is 0 Å². The number of amides is 2. The maximum Gasteiger partial charge on any atom is 0.230 e. The molecule has 0 unspecified atom stereocenters. The molecule has 0 bridgehead atoms. The molecule has 126 valence electrons. The lowest BCUT2D eigenvalue weighted by atomic mass is 10.2. The second kappa shape index (κ2) is 10.7. The number of hydrogen-bond donors (Lipinski definition) is 3. The third-order valence-electron chi connectivity index (χ3n) is 3.04. The monoisotopic (exact) mass is 337 g/mol. The van der Waals surface area contributed by atoms with Crippen LogP contribution in [0.2, 0.25) is 0 Å². The van der Waals surface area contributed by atoms with Gasteiger partial charge >= 0.3 is 0 Å². The Bertz CT molecular complexity index is 549. The predicted molar refractivity (Wildman–Crippen MR) is 94.1 cm³/mol. The minimum atomic E-state index is -0.137. The first-order valence-corrected chi connectivity index (χ1v) is 8.52. The van der Waals surface area contributed by atoms with Crippen molar-refractivity contribution in [3.63, 3.8) is 0 Å². The van der Waals surface area contributed by atoms with E-state index < -0.39 is 0 Å². The van der Waals surface area contributed by atoms with Crippen molar-refractivity contribution in [1.82, 2.24) is 5.32 Å². The number of carbonyl (C=O) groups excluding carboxylic acids is 3. The van der Waals surface area contributed by atoms with Gasteiger partial charge in [-0.05, 0) is 25.0 Å². The molecule has 1 rings (SSSR count). The van der Waals surface area contributed by atoms with Gasteiger partial charge in [0.05, 0.1) is 17.1 Å². The third-order valence-corrected chi connectivity index (χ3v) is 3.86. The third kappa shape index (κ3) is 8.87. The lowest BCUT2D eigenvalue weighted by Crippen LogP contribution is -2.26. The van der Waals surface area contributed by atoms with Gasteiger partial charge in [-0.15, -0.1) is 0 Å². The zero-order chi connectivity index (χ0) is 17.1. The molecule has 2 amide bonds. The van der Waals surface area contributed by atoms with Crippen LogP contribution in [0.3, 0.4) is 0 Å². The van der Waals surface area contributed by atoms with Gasteiger partial charge in [0.2, 0.25) is 11.8 Å². The predicted octanol–water partition coefficient (Wildman–Crippen LogP) is 2.16. The highest BCUT2D eigenvalue weighted by molar-refractivity contribution is 8.14. The molecule has 0 aliphatic rings. The number of nitrogens with two attached hydrogens (primary N) is 1. The Morgan fingerprint density at radius 3 is 2.52 bits per heavy atom. The molecule has 0 aliphatic carbocycles. The zero-order valence-electron chi connectivity index (χ0n) is 13.3. The van der Waals surface area contributed by atoms with E-state index in [0.29, 0.717) is 24.3 Å². The van der Waals surface area contributed by atoms with E-state index in [1.54, 1.807) is 12.1 Å². The van der Waals surface area contributed by atoms with Crippen molar-refractivity contribution >= 4 is 40.1 Å². The maximum atomic E-state index is 11.8. The van der Waals surface area contributed by atoms with Crippen molar-refractivity contribution in [3.05, 3.63) is 24.3 Å². The van der Waals surface area contributed by atoms with Crippen molar-refractivity contribution in [2.24, 2.45) is 0 Å². The van der Waals surface area contributed by atoms with Gasteiger partial charge in [0.15, 0.2) is 5.12 Å². The first kappa shape index (κ1) is 19.0. The highest BCUT2D eigenvalue weighted by Gasteiger charge is 2.05. The van der Waals surface area contributed by atoms with Crippen LogP contribution in [-0.2, 0) is 14.4 Å². The standard InChI is InChI=1S/C16H23N3O3S/c1-12(20)23-11-16(22)18-10-6-2-3-9-15(21)19-14-8-5-4-7-13(14)17/h4-5,7-8H,2-3,6,9-11,17H2,1H3,(H,18,22)(H,19,21). The van der Waals surface area contributed by atoms with Crippen molar-refractivity contribution in [3.8, 4) is 0 Å². The fourth-order valence-electron chi connectivity index (χ4n) is 1.86. The number of nitrogen functional groups attached to an aromatic ring is 1. The number of thioether (sulfide) groups is 1. The summed E-state index contributed by atoms with van der Waals surface area (Å²) in [6, 6.07) is 7.14. The SMILES string of the molecule is CC(=O)SCC(=O)NCCCCCC(=O)Nc1ccccc1N. The molecule has 1 aromatic rings. The number of unbranched alkanes of at least 4 members (excludes halogenated alkanes) is 2. The van der Waals surface area contributed by atoms with Crippen LogP contribution in [-0.4, -0.2) is 29.2 Å². The van der Waals surface area contributed by atoms with Crippen molar-refractivity contribution < 1.29 is 14.4 Å². The number of nitrogens with one attached hydrogen (secondary N) is 2. The molecule has 0 spiro atoms. The Kier molecular flexibility index (Phi) is 8.82. The van der Waals surface area contributed by atoms with Crippen LogP contribution in [0.4, 0.5) is 11.4 Å². The smallest absolute Gasteiger partial charge is 0.230 e. The number of para-hydroxylation sites is 2. The number of benzene rings is 1. The average Bonchev–Trinajstić information content (AvgIpc) is 2.51. The molecule has 7 heteroatoms. The Labute approximate surface area is 140 Å². The van der Waals surface area contributed by atoms with E-state index in [1.807, 2.05) is 12.1 Å². The van der Waals surface area contributed by atoms with Gasteiger partial charge in [-0.1, -0.05) is 30.3 Å². The van der Waals surface area contributed by atoms with Crippen LogP contribution in [0.25, 0.3) is 0 Å². The van der Waals surface area contributed by atoms with Crippen LogP contribution in [0.1, 0.15) is 32.6 Å². The van der Waals surface area contributed by atoms with Gasteiger partial charge in [0.25, 0.3) is 0 Å². The van der Waals surface area contributed by atoms with Gasteiger partial charge in [-0.3, -0.25) is 14.4 Å². The molecule has 6 nitrogen and oxygen atoms in total. The second-order valence-corrected chi connectivity index (χ2v) is 6.23. The first-order valence-electron chi connectivity index (χ1n) is 7.53. The molecule has 0 aromatic heterocycles. The van der Waals surface area contributed by atoms with Crippen LogP contribution < -0.4 is 16.4 Å². The summed E-state index contributed by atoms with van der Waals surface area (Å²) < 4.78 is 0. The van der Waals surface area contributed by atoms with E-state index in [9.17, 15) is 14.4 Å². The molecule has 0 aliphatic heterocycles. The summed E-state index contributed by atoms with van der Waals surface area (Å²) in [5.41, 5.74) is 6.94. The normalized spacial score (nSPS) is 10.1. The molecule has 0 fully saturated rings. The van der Waals surface area contributed by atoms with Gasteiger partial charge in [-0.25, -0.2) is 0 Å². The van der Waals surface area contributed by atoms with E-state index in [4.69, 9.17) is 5.73 Å². The highest BCUT2D eigenvalue weighted by atomic mass is 32.2. The molecular weight excluding hydrogens is 314 g/mol. The summed E-state index contributed by atoms with van der Waals surface area (Å²) in [6.07, 6.45) is 2.81. The van der Waals surface area contributed by atoms with Crippen LogP contribution in [0.15, 0.2) is 24.3 Å². The van der Waals surface area contributed by atoms with E-state index in [-0.39, 0.29) is 22.7 Å². The fourth-order valence-corrected chi connectivity index (χ4v) is 2.29. The minimum absolute atomic E-state index is 0.0646. The van der Waals surface area contributed by atoms with Gasteiger partial charge in [-0.2, -0.15) is 0 Å². The Balaban J connectivity index is 2.06. The topological polar surface area (TPSA) is 101 Å². The maximum absolute atomic E-state index is 11.8. The zero-order valence-corrected chi connectivity index (χ0v) is 14.1. The fraction of sp³-hybridized carbons (Fsp3) is 0.438. The summed E-state index contributed by atoms with van der Waals surface area (Å²) in [4.78, 5) is 33.9. The summed E-state index contributed by atoms with van der Waals surface area (Å²) in [5, 5.41) is 5.46. The molecule has 0 radical (unpaired) electrons. The lowest BCUT2D eigenvalue weighted by Gasteiger charge is -2.08. The Morgan fingerprint density at radius 1 is 1.09 bits per heavy atom. The second-order valence-electron chi connectivity index (χ2n) is 5.08. The molecule has 0 heterocycles. The number of anilines is 2. The molecule has 0 saturated carbocycles. The average molecular weight is 337 g/mol. The largest absolute Gasteiger partial charge is 0.397 e. The Morgan fingerprint density at radius 2 is 1.83 bits per heavy atom. The van der Waals surface area contributed by atoms with E-state index in [1.165, 1.54) is 6.92 Å². The summed E-state index contributed by atoms with van der Waals surface area (Å²) in [5.74, 6) is -0.0387. The van der Waals surface area contributed by atoms with Gasteiger partial charge in [0, 0.05) is 19.9 Å². The number of rotatable bonds is 9. The van der Waals surface area contributed by atoms with Crippen molar-refractivity contribution in [1.29, 1.82) is 0 Å². The van der Waals surface area contributed by atoms with Crippen molar-refractivity contribution in [2.75, 3.05) is 23.3 Å². The Hall–Kier alpha value is -2.02. The number of hydrogen-bond acceptors (Lipinski definition) is 5. The summed E-state index contributed by atoms with van der Waals surface area (Å²) >= 11 is 1.000. The molecule has 0 atom stereocenters. The summed E-state index contributed by atoms with van der Waals surface area (Å²) in [7, 11) is 0. The number of carbonyl (C=O) groups is 3. The first-order chi connectivity index (χ1) is 11.0.